The summed E-state index contributed by atoms with van der Waals surface area (Å²) in [6, 6.07) is 11.1. The van der Waals surface area contributed by atoms with Gasteiger partial charge in [-0.3, -0.25) is 9.78 Å². The van der Waals surface area contributed by atoms with Crippen molar-refractivity contribution in [1.29, 1.82) is 0 Å². The molecule has 0 unspecified atom stereocenters. The zero-order valence-corrected chi connectivity index (χ0v) is 11.4. The van der Waals surface area contributed by atoms with Crippen LogP contribution in [0, 0.1) is 0 Å². The fraction of sp³-hybridized carbons (Fsp3) is 0.0667. The Balaban J connectivity index is 1.69. The molecule has 0 fully saturated rings. The molecule has 4 nitrogen and oxygen atoms in total. The Morgan fingerprint density at radius 1 is 1.30 bits per heavy atom. The number of carbonyl (C=O) groups is 1. The zero-order chi connectivity index (χ0) is 13.8. The highest BCUT2D eigenvalue weighted by molar-refractivity contribution is 7.12. The van der Waals surface area contributed by atoms with Gasteiger partial charge in [0.2, 0.25) is 0 Å². The van der Waals surface area contributed by atoms with E-state index in [2.05, 4.69) is 10.3 Å². The Kier molecular flexibility index (Phi) is 3.60. The lowest BCUT2D eigenvalue weighted by molar-refractivity contribution is 0.0955. The average molecular weight is 284 g/mol. The van der Waals surface area contributed by atoms with E-state index in [4.69, 9.17) is 4.42 Å². The Morgan fingerprint density at radius 3 is 3.00 bits per heavy atom. The van der Waals surface area contributed by atoms with Crippen LogP contribution in [0.3, 0.4) is 0 Å². The molecule has 3 aromatic rings. The van der Waals surface area contributed by atoms with Gasteiger partial charge in [0.05, 0.1) is 11.1 Å². The standard InChI is InChI=1S/C15H12N2O2S/c18-15(14-4-2-8-20-14)17-10-11-5-6-16-12(9-11)13-3-1-7-19-13/h1-9H,10H2,(H,17,18). The largest absolute Gasteiger partial charge is 0.463 e. The maximum atomic E-state index is 11.9. The topological polar surface area (TPSA) is 55.1 Å². The number of nitrogens with zero attached hydrogens (tertiary/aromatic N) is 1. The van der Waals surface area contributed by atoms with Crippen molar-refractivity contribution in [1.82, 2.24) is 10.3 Å². The lowest BCUT2D eigenvalue weighted by atomic mass is 10.2. The molecule has 0 saturated carbocycles. The van der Waals surface area contributed by atoms with Gasteiger partial charge in [-0.1, -0.05) is 6.07 Å². The number of nitrogens with one attached hydrogen (secondary N) is 1. The molecule has 0 aliphatic rings. The average Bonchev–Trinajstić information content (AvgIpc) is 3.17. The van der Waals surface area contributed by atoms with E-state index in [1.165, 1.54) is 11.3 Å². The van der Waals surface area contributed by atoms with Gasteiger partial charge < -0.3 is 9.73 Å². The van der Waals surface area contributed by atoms with E-state index in [0.29, 0.717) is 11.4 Å². The second kappa shape index (κ2) is 5.71. The number of rotatable bonds is 4. The van der Waals surface area contributed by atoms with Gasteiger partial charge >= 0.3 is 0 Å². The minimum absolute atomic E-state index is 0.0589. The number of pyridine rings is 1. The van der Waals surface area contributed by atoms with Crippen LogP contribution in [-0.4, -0.2) is 10.9 Å². The van der Waals surface area contributed by atoms with Crippen LogP contribution in [-0.2, 0) is 6.54 Å². The molecule has 0 bridgehead atoms. The minimum Gasteiger partial charge on any atom is -0.463 e. The van der Waals surface area contributed by atoms with Crippen LogP contribution in [0.1, 0.15) is 15.2 Å². The van der Waals surface area contributed by atoms with Crippen molar-refractivity contribution in [2.45, 2.75) is 6.54 Å². The summed E-state index contributed by atoms with van der Waals surface area (Å²) in [4.78, 5) is 16.8. The number of hydrogen-bond donors (Lipinski definition) is 1. The SMILES string of the molecule is O=C(NCc1ccnc(-c2ccco2)c1)c1cccs1. The normalized spacial score (nSPS) is 10.4. The Labute approximate surface area is 120 Å². The predicted molar refractivity (Wildman–Crippen MR) is 77.4 cm³/mol. The van der Waals surface area contributed by atoms with E-state index in [1.807, 2.05) is 35.7 Å². The van der Waals surface area contributed by atoms with Crippen LogP contribution in [0.5, 0.6) is 0 Å². The molecule has 0 radical (unpaired) electrons. The highest BCUT2D eigenvalue weighted by atomic mass is 32.1. The summed E-state index contributed by atoms with van der Waals surface area (Å²) in [5.74, 6) is 0.660. The van der Waals surface area contributed by atoms with Gasteiger partial charge in [-0.15, -0.1) is 11.3 Å². The van der Waals surface area contributed by atoms with Gasteiger partial charge in [-0.25, -0.2) is 0 Å². The molecular formula is C15H12N2O2S. The summed E-state index contributed by atoms with van der Waals surface area (Å²) < 4.78 is 5.31. The van der Waals surface area contributed by atoms with Crippen LogP contribution >= 0.6 is 11.3 Å². The van der Waals surface area contributed by atoms with E-state index in [1.54, 1.807) is 18.5 Å². The van der Waals surface area contributed by atoms with Gasteiger partial charge in [-0.2, -0.15) is 0 Å². The van der Waals surface area contributed by atoms with Crippen LogP contribution in [0.25, 0.3) is 11.5 Å². The minimum atomic E-state index is -0.0589. The van der Waals surface area contributed by atoms with Crippen molar-refractivity contribution < 1.29 is 9.21 Å². The molecule has 0 aliphatic heterocycles. The quantitative estimate of drug-likeness (QED) is 0.799. The van der Waals surface area contributed by atoms with E-state index in [9.17, 15) is 4.79 Å². The molecule has 0 saturated heterocycles. The number of amides is 1. The fourth-order valence-electron chi connectivity index (χ4n) is 1.82. The fourth-order valence-corrected chi connectivity index (χ4v) is 2.46. The molecule has 0 aliphatic carbocycles. The number of carbonyl (C=O) groups excluding carboxylic acids is 1. The molecule has 0 spiro atoms. The predicted octanol–water partition coefficient (Wildman–Crippen LogP) is 3.33. The molecule has 20 heavy (non-hydrogen) atoms. The van der Waals surface area contributed by atoms with Gasteiger partial charge in [0.15, 0.2) is 5.76 Å². The van der Waals surface area contributed by atoms with Gasteiger partial charge in [0, 0.05) is 12.7 Å². The first-order chi connectivity index (χ1) is 9.83. The number of aromatic nitrogens is 1. The first-order valence-electron chi connectivity index (χ1n) is 6.13. The monoisotopic (exact) mass is 284 g/mol. The summed E-state index contributed by atoms with van der Waals surface area (Å²) in [5.41, 5.74) is 1.74. The first kappa shape index (κ1) is 12.6. The third-order valence-electron chi connectivity index (χ3n) is 2.80. The highest BCUT2D eigenvalue weighted by Crippen LogP contribution is 2.18. The summed E-state index contributed by atoms with van der Waals surface area (Å²) in [7, 11) is 0. The third kappa shape index (κ3) is 2.78. The molecule has 1 N–H and O–H groups in total. The zero-order valence-electron chi connectivity index (χ0n) is 10.6. The Hall–Kier alpha value is -2.40. The summed E-state index contributed by atoms with van der Waals surface area (Å²) in [5, 5.41) is 4.77. The van der Waals surface area contributed by atoms with Crippen molar-refractivity contribution in [3.8, 4) is 11.5 Å². The highest BCUT2D eigenvalue weighted by Gasteiger charge is 2.07. The smallest absolute Gasteiger partial charge is 0.261 e. The van der Waals surface area contributed by atoms with Crippen LogP contribution in [0.4, 0.5) is 0 Å². The molecule has 3 rings (SSSR count). The molecule has 0 aromatic carbocycles. The van der Waals surface area contributed by atoms with Crippen molar-refractivity contribution >= 4 is 17.2 Å². The summed E-state index contributed by atoms with van der Waals surface area (Å²) in [6.45, 7) is 0.465. The van der Waals surface area contributed by atoms with Gasteiger partial charge in [0.25, 0.3) is 5.91 Å². The van der Waals surface area contributed by atoms with E-state index in [0.717, 1.165) is 17.0 Å². The van der Waals surface area contributed by atoms with Crippen LogP contribution < -0.4 is 5.32 Å². The number of hydrogen-bond acceptors (Lipinski definition) is 4. The molecule has 0 atom stereocenters. The molecule has 3 aromatic heterocycles. The molecular weight excluding hydrogens is 272 g/mol. The van der Waals surface area contributed by atoms with Crippen molar-refractivity contribution in [2.75, 3.05) is 0 Å². The van der Waals surface area contributed by atoms with Crippen molar-refractivity contribution in [2.24, 2.45) is 0 Å². The second-order valence-electron chi connectivity index (χ2n) is 4.19. The first-order valence-corrected chi connectivity index (χ1v) is 7.01. The van der Waals surface area contributed by atoms with Crippen LogP contribution in [0.2, 0.25) is 0 Å². The summed E-state index contributed by atoms with van der Waals surface area (Å²) in [6.07, 6.45) is 3.33. The summed E-state index contributed by atoms with van der Waals surface area (Å²) >= 11 is 1.43. The molecule has 5 heteroatoms. The maximum absolute atomic E-state index is 11.9. The lowest BCUT2D eigenvalue weighted by Gasteiger charge is -2.05. The second-order valence-corrected chi connectivity index (χ2v) is 5.13. The van der Waals surface area contributed by atoms with Crippen molar-refractivity contribution in [3.05, 3.63) is 64.7 Å². The van der Waals surface area contributed by atoms with Gasteiger partial charge in [0.1, 0.15) is 5.69 Å². The van der Waals surface area contributed by atoms with Gasteiger partial charge in [-0.05, 0) is 41.3 Å². The third-order valence-corrected chi connectivity index (χ3v) is 3.66. The number of furan rings is 1. The van der Waals surface area contributed by atoms with E-state index >= 15 is 0 Å². The van der Waals surface area contributed by atoms with Crippen LogP contribution in [0.15, 0.2) is 58.7 Å². The maximum Gasteiger partial charge on any atom is 0.261 e. The van der Waals surface area contributed by atoms with E-state index in [-0.39, 0.29) is 5.91 Å². The van der Waals surface area contributed by atoms with Crippen molar-refractivity contribution in [3.63, 3.8) is 0 Å². The lowest BCUT2D eigenvalue weighted by Crippen LogP contribution is -2.21. The van der Waals surface area contributed by atoms with E-state index < -0.39 is 0 Å². The number of thiophene rings is 1. The Morgan fingerprint density at radius 2 is 2.25 bits per heavy atom. The molecule has 1 amide bonds. The molecule has 100 valence electrons. The Bertz CT molecular complexity index is 691. The molecule has 3 heterocycles.